The van der Waals surface area contributed by atoms with Crippen molar-refractivity contribution in [3.05, 3.63) is 79.0 Å². The van der Waals surface area contributed by atoms with E-state index in [0.29, 0.717) is 0 Å². The molecule has 0 amide bonds. The number of amidine groups is 1. The van der Waals surface area contributed by atoms with Gasteiger partial charge in [0.1, 0.15) is 0 Å². The van der Waals surface area contributed by atoms with Gasteiger partial charge in [-0.15, -0.1) is 12.1 Å². The minimum absolute atomic E-state index is 0.0884. The van der Waals surface area contributed by atoms with E-state index >= 15 is 0 Å². The Hall–Kier alpha value is -2.81. The first kappa shape index (κ1) is 28.4. The first-order chi connectivity index (χ1) is 16.1. The molecule has 2 aromatic carbocycles. The molecule has 0 radical (unpaired) electrons. The summed E-state index contributed by atoms with van der Waals surface area (Å²) in [4.78, 5) is 7.31. The number of benzene rings is 2. The Morgan fingerprint density at radius 1 is 1.11 bits per heavy atom. The smallest absolute Gasteiger partial charge is 0.399 e. The Labute approximate surface area is 210 Å². The summed E-state index contributed by atoms with van der Waals surface area (Å²) in [6, 6.07) is 11.0. The van der Waals surface area contributed by atoms with E-state index in [1.54, 1.807) is 0 Å². The Bertz CT molecular complexity index is 1060. The fourth-order valence-electron chi connectivity index (χ4n) is 2.73. The van der Waals surface area contributed by atoms with Crippen LogP contribution in [0.3, 0.4) is 0 Å². The summed E-state index contributed by atoms with van der Waals surface area (Å²) in [7, 11) is -0.273. The number of alkyl halides is 3. The number of hydrogen-bond acceptors (Lipinski definition) is 6. The standard InChI is InChI=1S/C13H18BO2.C10H7F3N3O2.Ni/c1-10-6-8-11(9-7-10)14-15-12(2,3)13(4,5)16-14;1-6(18-14)15-9(17)16-8-4-2-3-7(5-8)10(11,12)13;/h6-9H,1H2,2-5H3;1-5H,(H2,15,16,17);/q2*-1;/p-1. The topological polar surface area (TPSA) is 87.5 Å². The molecule has 2 aromatic rings. The van der Waals surface area contributed by atoms with Crippen LogP contribution in [0, 0.1) is 13.5 Å². The molecule has 1 fully saturated rings. The summed E-state index contributed by atoms with van der Waals surface area (Å²) in [6.07, 6.45) is -4.51. The largest absolute Gasteiger partial charge is 0.492 e. The van der Waals surface area contributed by atoms with Crippen molar-refractivity contribution in [2.24, 2.45) is 9.18 Å². The van der Waals surface area contributed by atoms with Crippen molar-refractivity contribution in [3.63, 3.8) is 0 Å². The van der Waals surface area contributed by atoms with Crippen LogP contribution in [0.2, 0.25) is 0 Å². The van der Waals surface area contributed by atoms with Crippen LogP contribution in [0.5, 0.6) is 0 Å². The van der Waals surface area contributed by atoms with Gasteiger partial charge < -0.3 is 9.31 Å². The zero-order valence-corrected chi connectivity index (χ0v) is 20.4. The van der Waals surface area contributed by atoms with Crippen LogP contribution in [0.4, 0.5) is 18.9 Å². The molecule has 1 N–H and O–H groups in total. The molecule has 192 valence electrons. The van der Waals surface area contributed by atoms with Gasteiger partial charge in [0.25, 0.3) is 0 Å². The molecule has 1 aliphatic heterocycles. The van der Waals surface area contributed by atoms with Crippen LogP contribution in [0.1, 0.15) is 38.8 Å². The average Bonchev–Trinajstić information content (AvgIpc) is 2.95. The maximum atomic E-state index is 12.4. The monoisotopic (exact) mass is 532 g/mol. The number of nitrogens with zero attached hydrogens (tertiary/aromatic N) is 2. The van der Waals surface area contributed by atoms with Crippen LogP contribution in [0.15, 0.2) is 63.6 Å². The summed E-state index contributed by atoms with van der Waals surface area (Å²) >= 11 is 3.78. The second-order valence-corrected chi connectivity index (χ2v) is 8.62. The van der Waals surface area contributed by atoms with E-state index in [1.165, 1.54) is 6.07 Å². The van der Waals surface area contributed by atoms with E-state index in [4.69, 9.17) is 15.9 Å². The molecule has 0 atom stereocenters. The molecule has 35 heavy (non-hydrogen) atoms. The van der Waals surface area contributed by atoms with Gasteiger partial charge >= 0.3 is 120 Å². The van der Waals surface area contributed by atoms with E-state index in [-0.39, 0.29) is 24.0 Å². The third-order valence-corrected chi connectivity index (χ3v) is 5.37. The number of anilines is 1. The van der Waals surface area contributed by atoms with Crippen molar-refractivity contribution in [1.82, 2.24) is 0 Å². The normalized spacial score (nSPS) is 16.7. The number of hydrogen-bond donors (Lipinski definition) is 1. The first-order valence-corrected chi connectivity index (χ1v) is 10.6. The van der Waals surface area contributed by atoms with Gasteiger partial charge in [-0.1, -0.05) is 0 Å². The maximum absolute atomic E-state index is 12.4. The molecule has 12 heteroatoms. The maximum Gasteiger partial charge on any atom is 0.492 e. The first-order valence-electron chi connectivity index (χ1n) is 10.2. The van der Waals surface area contributed by atoms with E-state index in [1.807, 2.05) is 24.3 Å². The predicted octanol–water partition coefficient (Wildman–Crippen LogP) is 3.94. The van der Waals surface area contributed by atoms with Gasteiger partial charge in [0.05, 0.1) is 11.2 Å². The van der Waals surface area contributed by atoms with Crippen molar-refractivity contribution >= 4 is 24.3 Å². The number of halogens is 3. The molecule has 0 spiro atoms. The van der Waals surface area contributed by atoms with Crippen molar-refractivity contribution in [3.8, 4) is 0 Å². The zero-order valence-electron chi connectivity index (χ0n) is 19.5. The van der Waals surface area contributed by atoms with Gasteiger partial charge in [-0.2, -0.15) is 24.6 Å². The van der Waals surface area contributed by atoms with Gasteiger partial charge in [0.2, 0.25) is 0 Å². The summed E-state index contributed by atoms with van der Waals surface area (Å²) in [5.41, 5.74) is 0.503. The van der Waals surface area contributed by atoms with Gasteiger partial charge in [-0.05, 0) is 33.2 Å². The van der Waals surface area contributed by atoms with Gasteiger partial charge in [0.15, 0.2) is 0 Å². The molecule has 0 aliphatic carbocycles. The van der Waals surface area contributed by atoms with Crippen LogP contribution in [-0.4, -0.2) is 24.3 Å². The molecule has 0 bridgehead atoms. The second-order valence-electron chi connectivity index (χ2n) is 8.44. The Balaban J connectivity index is 0.000000250. The molecule has 7 nitrogen and oxygen atoms in total. The van der Waals surface area contributed by atoms with E-state index in [9.17, 15) is 18.3 Å². The second kappa shape index (κ2) is 11.3. The fourth-order valence-corrected chi connectivity index (χ4v) is 2.82. The third kappa shape index (κ3) is 8.12. The molecule has 3 rings (SSSR count). The zero-order chi connectivity index (χ0) is 26.4. The molecular formula is C23H24BF3N3NiO4-3. The van der Waals surface area contributed by atoms with Crippen molar-refractivity contribution < 1.29 is 47.7 Å². The van der Waals surface area contributed by atoms with Crippen molar-refractivity contribution in [1.29, 1.82) is 0 Å². The van der Waals surface area contributed by atoms with E-state index in [2.05, 4.69) is 69.2 Å². The summed E-state index contributed by atoms with van der Waals surface area (Å²) in [5.74, 6) is -0.615. The molecule has 1 saturated heterocycles. The minimum Gasteiger partial charge on any atom is -0.399 e. The van der Waals surface area contributed by atoms with Gasteiger partial charge in [-0.3, -0.25) is 0 Å². The van der Waals surface area contributed by atoms with E-state index in [0.717, 1.165) is 29.2 Å². The minimum atomic E-state index is -4.51. The Kier molecular flexibility index (Phi) is 9.16. The molecule has 0 saturated carbocycles. The number of aliphatic imine (C=N–C) groups is 1. The van der Waals surface area contributed by atoms with Crippen LogP contribution < -0.4 is 15.9 Å². The quantitative estimate of drug-likeness (QED) is 0.157. The molecular weight excluding hydrogens is 509 g/mol. The number of nitrogens with one attached hydrogen (secondary N) is 1. The van der Waals surface area contributed by atoms with Crippen molar-refractivity contribution in [2.75, 3.05) is 5.32 Å². The van der Waals surface area contributed by atoms with Crippen LogP contribution >= 0.6 is 0 Å². The summed E-state index contributed by atoms with van der Waals surface area (Å²) in [6.45, 7) is 17.2. The average molecular weight is 533 g/mol. The SMILES string of the molecule is [CH-]=C(/N=C(\[O-])Nc1cccc(C(F)(F)F)c1)O[N]=[Ni].[CH2-]c1ccc(B2OC(C)(C)C(C)(C)O2)cc1. The Morgan fingerprint density at radius 3 is 2.20 bits per heavy atom. The molecule has 1 heterocycles. The van der Waals surface area contributed by atoms with Crippen LogP contribution in [0.25, 0.3) is 0 Å². The summed E-state index contributed by atoms with van der Waals surface area (Å²) in [5, 5.41) is 13.3. The summed E-state index contributed by atoms with van der Waals surface area (Å²) < 4.78 is 51.9. The number of rotatable bonds is 5. The third-order valence-electron chi connectivity index (χ3n) is 5.28. The fraction of sp³-hybridized carbons (Fsp3) is 0.304. The molecule has 0 unspecified atom stereocenters. The van der Waals surface area contributed by atoms with Crippen molar-refractivity contribution in [2.45, 2.75) is 45.1 Å². The van der Waals surface area contributed by atoms with Gasteiger partial charge in [-0.25, -0.2) is 0 Å². The van der Waals surface area contributed by atoms with Crippen LogP contribution in [-0.2, 0) is 35.6 Å². The Morgan fingerprint density at radius 2 is 1.69 bits per heavy atom. The van der Waals surface area contributed by atoms with E-state index < -0.39 is 23.6 Å². The van der Waals surface area contributed by atoms with Gasteiger partial charge in [0, 0.05) is 0 Å². The predicted molar refractivity (Wildman–Crippen MR) is 120 cm³/mol. The molecule has 0 aromatic heterocycles. The molecule has 1 aliphatic rings.